The van der Waals surface area contributed by atoms with Gasteiger partial charge < -0.3 is 10.1 Å². The molecule has 0 aliphatic carbocycles. The second kappa shape index (κ2) is 7.53. The van der Waals surface area contributed by atoms with Gasteiger partial charge in [-0.05, 0) is 37.5 Å². The minimum absolute atomic E-state index is 0.0555. The summed E-state index contributed by atoms with van der Waals surface area (Å²) in [4.78, 5) is 12.5. The summed E-state index contributed by atoms with van der Waals surface area (Å²) in [5, 5.41) is 9.60. The van der Waals surface area contributed by atoms with Gasteiger partial charge in [0.15, 0.2) is 9.84 Å². The van der Waals surface area contributed by atoms with Crippen LogP contribution >= 0.6 is 0 Å². The average Bonchev–Trinajstić information content (AvgIpc) is 3.02. The molecule has 0 radical (unpaired) electrons. The van der Waals surface area contributed by atoms with E-state index in [0.29, 0.717) is 0 Å². The zero-order chi connectivity index (χ0) is 19.5. The molecule has 9 heteroatoms. The lowest BCUT2D eigenvalue weighted by atomic mass is 10.1. The van der Waals surface area contributed by atoms with Gasteiger partial charge in [-0.3, -0.25) is 15.5 Å². The molecule has 1 aliphatic heterocycles. The number of hydrogen-bond acceptors (Lipinski definition) is 7. The molecule has 1 amide bonds. The van der Waals surface area contributed by atoms with E-state index in [1.54, 1.807) is 21.0 Å². The molecule has 0 spiro atoms. The molecule has 1 atom stereocenters. The Bertz CT molecular complexity index is 785. The van der Waals surface area contributed by atoms with Crippen molar-refractivity contribution in [2.75, 3.05) is 12.9 Å². The average molecular weight is 382 g/mol. The molecular formula is C17H26N4O4S. The van der Waals surface area contributed by atoms with Crippen molar-refractivity contribution in [1.82, 2.24) is 16.1 Å². The lowest BCUT2D eigenvalue weighted by molar-refractivity contribution is -0.121. The second-order valence-corrected chi connectivity index (χ2v) is 9.66. The van der Waals surface area contributed by atoms with Gasteiger partial charge in [0.2, 0.25) is 11.9 Å². The van der Waals surface area contributed by atoms with Gasteiger partial charge in [0.1, 0.15) is 16.7 Å². The molecule has 1 aliphatic rings. The first kappa shape index (κ1) is 20.0. The molecule has 144 valence electrons. The van der Waals surface area contributed by atoms with E-state index in [-0.39, 0.29) is 23.8 Å². The zero-order valence-electron chi connectivity index (χ0n) is 15.7. The van der Waals surface area contributed by atoms with Crippen molar-refractivity contribution < 1.29 is 17.9 Å². The highest BCUT2D eigenvalue weighted by atomic mass is 32.2. The summed E-state index contributed by atoms with van der Waals surface area (Å²) < 4.78 is 28.5. The summed E-state index contributed by atoms with van der Waals surface area (Å²) in [7, 11) is -2.01. The number of rotatable bonds is 6. The summed E-state index contributed by atoms with van der Waals surface area (Å²) in [6.07, 6.45) is -0.327. The van der Waals surface area contributed by atoms with Crippen molar-refractivity contribution in [1.29, 1.82) is 0 Å². The maximum absolute atomic E-state index is 12.5. The number of carbonyl (C=O) groups is 1. The van der Waals surface area contributed by atoms with Crippen LogP contribution in [-0.4, -0.2) is 37.9 Å². The van der Waals surface area contributed by atoms with Gasteiger partial charge in [0.25, 0.3) is 0 Å². The van der Waals surface area contributed by atoms with Crippen molar-refractivity contribution in [2.24, 2.45) is 11.0 Å². The highest BCUT2D eigenvalue weighted by Crippen LogP contribution is 2.21. The van der Waals surface area contributed by atoms with E-state index in [2.05, 4.69) is 21.2 Å². The van der Waals surface area contributed by atoms with E-state index in [9.17, 15) is 13.2 Å². The van der Waals surface area contributed by atoms with Gasteiger partial charge in [-0.1, -0.05) is 26.0 Å². The molecule has 0 saturated heterocycles. The number of ether oxygens (including phenoxy) is 1. The van der Waals surface area contributed by atoms with E-state index in [1.807, 2.05) is 24.3 Å². The monoisotopic (exact) mass is 382 g/mol. The maximum atomic E-state index is 12.5. The maximum Gasteiger partial charge on any atom is 0.247 e. The molecule has 1 aromatic rings. The molecule has 1 aromatic carbocycles. The third-order valence-corrected chi connectivity index (χ3v) is 6.99. The topological polar surface area (TPSA) is 109 Å². The molecule has 0 saturated carbocycles. The van der Waals surface area contributed by atoms with Crippen molar-refractivity contribution in [2.45, 2.75) is 38.6 Å². The largest absolute Gasteiger partial charge is 0.497 e. The number of hydrogen-bond donors (Lipinski definition) is 3. The third kappa shape index (κ3) is 4.27. The fourth-order valence-corrected chi connectivity index (χ4v) is 4.02. The van der Waals surface area contributed by atoms with Crippen LogP contribution in [-0.2, 0) is 14.6 Å². The summed E-state index contributed by atoms with van der Waals surface area (Å²) >= 11 is 0. The SMILES string of the molecule is COc1ccc(C2NN=C(NC(=O)C(C)(C)S(=O)(=O)CC(C)C)N2)cc1. The van der Waals surface area contributed by atoms with Crippen LogP contribution in [0.4, 0.5) is 0 Å². The Balaban J connectivity index is 2.01. The number of hydrazone groups is 1. The van der Waals surface area contributed by atoms with E-state index in [0.717, 1.165) is 11.3 Å². The number of benzene rings is 1. The number of nitrogens with zero attached hydrogens (tertiary/aromatic N) is 1. The first-order valence-electron chi connectivity index (χ1n) is 8.34. The van der Waals surface area contributed by atoms with Crippen LogP contribution in [0.2, 0.25) is 0 Å². The lowest BCUT2D eigenvalue weighted by Gasteiger charge is -2.24. The molecule has 0 fully saturated rings. The summed E-state index contributed by atoms with van der Waals surface area (Å²) in [5.41, 5.74) is 3.75. The molecule has 1 heterocycles. The number of methoxy groups -OCH3 is 1. The van der Waals surface area contributed by atoms with Gasteiger partial charge in [-0.15, -0.1) is 5.10 Å². The third-order valence-electron chi connectivity index (χ3n) is 4.14. The smallest absolute Gasteiger partial charge is 0.247 e. The molecule has 2 rings (SSSR count). The summed E-state index contributed by atoms with van der Waals surface area (Å²) in [6.45, 7) is 6.42. The molecule has 0 aromatic heterocycles. The molecular weight excluding hydrogens is 356 g/mol. The summed E-state index contributed by atoms with van der Waals surface area (Å²) in [5.74, 6) is 0.179. The van der Waals surface area contributed by atoms with Gasteiger partial charge in [-0.25, -0.2) is 8.42 Å². The molecule has 26 heavy (non-hydrogen) atoms. The van der Waals surface area contributed by atoms with Gasteiger partial charge >= 0.3 is 0 Å². The van der Waals surface area contributed by atoms with Gasteiger partial charge in [0.05, 0.1) is 12.9 Å². The normalized spacial score (nSPS) is 17.3. The lowest BCUT2D eigenvalue weighted by Crippen LogP contribution is -2.53. The minimum Gasteiger partial charge on any atom is -0.497 e. The van der Waals surface area contributed by atoms with Crippen molar-refractivity contribution in [3.63, 3.8) is 0 Å². The van der Waals surface area contributed by atoms with E-state index in [4.69, 9.17) is 4.74 Å². The van der Waals surface area contributed by atoms with Crippen LogP contribution in [0.3, 0.4) is 0 Å². The second-order valence-electron chi connectivity index (χ2n) is 7.08. The Morgan fingerprint density at radius 2 is 1.92 bits per heavy atom. The predicted octanol–water partition coefficient (Wildman–Crippen LogP) is 1.12. The number of sulfone groups is 1. The minimum atomic E-state index is -3.60. The number of nitrogens with one attached hydrogen (secondary N) is 3. The van der Waals surface area contributed by atoms with Crippen LogP contribution in [0.1, 0.15) is 39.4 Å². The number of guanidine groups is 1. The van der Waals surface area contributed by atoms with Crippen LogP contribution < -0.4 is 20.8 Å². The predicted molar refractivity (Wildman–Crippen MR) is 100 cm³/mol. The molecule has 1 unspecified atom stereocenters. The highest BCUT2D eigenvalue weighted by Gasteiger charge is 2.42. The van der Waals surface area contributed by atoms with Crippen LogP contribution in [0.5, 0.6) is 5.75 Å². The van der Waals surface area contributed by atoms with Gasteiger partial charge in [-0.2, -0.15) is 0 Å². The Hall–Kier alpha value is -2.29. The highest BCUT2D eigenvalue weighted by molar-refractivity contribution is 7.93. The Kier molecular flexibility index (Phi) is 5.80. The van der Waals surface area contributed by atoms with Gasteiger partial charge in [0, 0.05) is 0 Å². The van der Waals surface area contributed by atoms with Crippen molar-refractivity contribution in [3.8, 4) is 5.75 Å². The number of carbonyl (C=O) groups excluding carboxylic acids is 1. The first-order chi connectivity index (χ1) is 12.1. The van der Waals surface area contributed by atoms with E-state index < -0.39 is 20.5 Å². The Labute approximate surface area is 154 Å². The molecule has 0 bridgehead atoms. The van der Waals surface area contributed by atoms with Crippen LogP contribution in [0, 0.1) is 5.92 Å². The Morgan fingerprint density at radius 3 is 2.46 bits per heavy atom. The fourth-order valence-electron chi connectivity index (χ4n) is 2.40. The van der Waals surface area contributed by atoms with Crippen LogP contribution in [0.25, 0.3) is 0 Å². The Morgan fingerprint density at radius 1 is 1.31 bits per heavy atom. The van der Waals surface area contributed by atoms with Crippen LogP contribution in [0.15, 0.2) is 29.4 Å². The van der Waals surface area contributed by atoms with Crippen molar-refractivity contribution in [3.05, 3.63) is 29.8 Å². The molecule has 8 nitrogen and oxygen atoms in total. The van der Waals surface area contributed by atoms with E-state index >= 15 is 0 Å². The summed E-state index contributed by atoms with van der Waals surface area (Å²) in [6, 6.07) is 7.36. The first-order valence-corrected chi connectivity index (χ1v) is 9.99. The quantitative estimate of drug-likeness (QED) is 0.680. The standard InChI is InChI=1S/C17H26N4O4S/c1-11(2)10-26(23,24)17(3,4)15(22)19-16-18-14(20-21-16)12-6-8-13(25-5)9-7-12/h6-9,11,14,20H,10H2,1-5H3,(H2,18,19,21,22). The van der Waals surface area contributed by atoms with E-state index in [1.165, 1.54) is 13.8 Å². The zero-order valence-corrected chi connectivity index (χ0v) is 16.5. The van der Waals surface area contributed by atoms with Crippen molar-refractivity contribution >= 4 is 21.7 Å². The number of amides is 1. The molecule has 3 N–H and O–H groups in total. The fraction of sp³-hybridized carbons (Fsp3) is 0.529.